The van der Waals surface area contributed by atoms with Crippen LogP contribution in [0.25, 0.3) is 0 Å². The van der Waals surface area contributed by atoms with Gasteiger partial charge in [-0.3, -0.25) is 0 Å². The van der Waals surface area contributed by atoms with Crippen molar-refractivity contribution in [3.63, 3.8) is 0 Å². The number of hydrogen-bond acceptors (Lipinski definition) is 4. The number of rotatable bonds is 4. The fraction of sp³-hybridized carbons (Fsp3) is 0.538. The molecule has 1 saturated carbocycles. The van der Waals surface area contributed by atoms with E-state index in [0.717, 1.165) is 41.9 Å². The summed E-state index contributed by atoms with van der Waals surface area (Å²) in [6, 6.07) is 4.12. The maximum Gasteiger partial charge on any atom is 0.231 e. The lowest BCUT2D eigenvalue weighted by Gasteiger charge is -2.12. The highest BCUT2D eigenvalue weighted by Crippen LogP contribution is 2.44. The normalized spacial score (nSPS) is 19.4. The second kappa shape index (κ2) is 3.89. The molecular formula is C13H17NO3. The Morgan fingerprint density at radius 3 is 2.53 bits per heavy atom. The lowest BCUT2D eigenvalue weighted by atomic mass is 10.0. The molecule has 0 atom stereocenters. The third kappa shape index (κ3) is 1.98. The van der Waals surface area contributed by atoms with Crippen LogP contribution in [0.1, 0.15) is 24.0 Å². The SMILES string of the molecule is COCc1ccc(CC2(N)CC2)c2c1OCO2. The lowest BCUT2D eigenvalue weighted by Crippen LogP contribution is -2.24. The number of methoxy groups -OCH3 is 1. The average molecular weight is 235 g/mol. The summed E-state index contributed by atoms with van der Waals surface area (Å²) in [7, 11) is 1.68. The first-order valence-electron chi connectivity index (χ1n) is 5.90. The van der Waals surface area contributed by atoms with Crippen molar-refractivity contribution < 1.29 is 14.2 Å². The fourth-order valence-electron chi connectivity index (χ4n) is 2.23. The van der Waals surface area contributed by atoms with E-state index >= 15 is 0 Å². The Labute approximate surface area is 101 Å². The van der Waals surface area contributed by atoms with Crippen molar-refractivity contribution in [2.24, 2.45) is 5.73 Å². The summed E-state index contributed by atoms with van der Waals surface area (Å²) >= 11 is 0. The minimum Gasteiger partial charge on any atom is -0.453 e. The average Bonchev–Trinajstić information content (AvgIpc) is 2.85. The van der Waals surface area contributed by atoms with Crippen LogP contribution in [-0.4, -0.2) is 19.4 Å². The second-order valence-electron chi connectivity index (χ2n) is 4.92. The predicted molar refractivity (Wildman–Crippen MR) is 63.1 cm³/mol. The Hall–Kier alpha value is -1.26. The molecule has 0 aromatic heterocycles. The Morgan fingerprint density at radius 2 is 1.88 bits per heavy atom. The molecule has 0 saturated heterocycles. The van der Waals surface area contributed by atoms with Crippen molar-refractivity contribution in [3.8, 4) is 11.5 Å². The Bertz CT molecular complexity index is 441. The molecule has 4 heteroatoms. The van der Waals surface area contributed by atoms with Gasteiger partial charge >= 0.3 is 0 Å². The van der Waals surface area contributed by atoms with Crippen LogP contribution in [0, 0.1) is 0 Å². The molecule has 1 heterocycles. The smallest absolute Gasteiger partial charge is 0.231 e. The molecule has 0 spiro atoms. The summed E-state index contributed by atoms with van der Waals surface area (Å²) in [5.74, 6) is 1.69. The number of benzene rings is 1. The monoisotopic (exact) mass is 235 g/mol. The van der Waals surface area contributed by atoms with Gasteiger partial charge in [0.05, 0.1) is 6.61 Å². The van der Waals surface area contributed by atoms with Crippen LogP contribution in [0.4, 0.5) is 0 Å². The topological polar surface area (TPSA) is 53.7 Å². The number of nitrogens with two attached hydrogens (primary N) is 1. The van der Waals surface area contributed by atoms with E-state index in [2.05, 4.69) is 6.07 Å². The van der Waals surface area contributed by atoms with Crippen LogP contribution in [0.3, 0.4) is 0 Å². The van der Waals surface area contributed by atoms with Crippen molar-refractivity contribution in [2.75, 3.05) is 13.9 Å². The van der Waals surface area contributed by atoms with Crippen LogP contribution in [0.5, 0.6) is 11.5 Å². The molecule has 1 fully saturated rings. The van der Waals surface area contributed by atoms with Gasteiger partial charge in [0, 0.05) is 23.8 Å². The quantitative estimate of drug-likeness (QED) is 0.861. The van der Waals surface area contributed by atoms with E-state index in [1.54, 1.807) is 7.11 Å². The maximum atomic E-state index is 6.15. The van der Waals surface area contributed by atoms with E-state index in [9.17, 15) is 0 Å². The van der Waals surface area contributed by atoms with Crippen LogP contribution < -0.4 is 15.2 Å². The zero-order chi connectivity index (χ0) is 11.9. The predicted octanol–water partition coefficient (Wildman–Crippen LogP) is 1.60. The van der Waals surface area contributed by atoms with Gasteiger partial charge in [-0.25, -0.2) is 0 Å². The van der Waals surface area contributed by atoms with Gasteiger partial charge in [-0.15, -0.1) is 0 Å². The van der Waals surface area contributed by atoms with Crippen molar-refractivity contribution in [1.82, 2.24) is 0 Å². The second-order valence-corrected chi connectivity index (χ2v) is 4.92. The molecule has 1 aromatic rings. The van der Waals surface area contributed by atoms with Crippen molar-refractivity contribution in [3.05, 3.63) is 23.3 Å². The third-order valence-corrected chi connectivity index (χ3v) is 3.42. The van der Waals surface area contributed by atoms with Gasteiger partial charge in [0.2, 0.25) is 6.79 Å². The van der Waals surface area contributed by atoms with Crippen LogP contribution in [-0.2, 0) is 17.8 Å². The maximum absolute atomic E-state index is 6.15. The van der Waals surface area contributed by atoms with Crippen LogP contribution >= 0.6 is 0 Å². The largest absolute Gasteiger partial charge is 0.453 e. The van der Waals surface area contributed by atoms with Gasteiger partial charge in [-0.1, -0.05) is 12.1 Å². The highest BCUT2D eigenvalue weighted by Gasteiger charge is 2.39. The lowest BCUT2D eigenvalue weighted by molar-refractivity contribution is 0.162. The summed E-state index contributed by atoms with van der Waals surface area (Å²) in [5.41, 5.74) is 8.32. The Balaban J connectivity index is 1.92. The van der Waals surface area contributed by atoms with Gasteiger partial charge in [0.25, 0.3) is 0 Å². The highest BCUT2D eigenvalue weighted by molar-refractivity contribution is 5.54. The van der Waals surface area contributed by atoms with Crippen molar-refractivity contribution in [1.29, 1.82) is 0 Å². The molecule has 0 amide bonds. The molecule has 0 radical (unpaired) electrons. The minimum atomic E-state index is -0.0114. The summed E-state index contributed by atoms with van der Waals surface area (Å²) in [4.78, 5) is 0. The first-order chi connectivity index (χ1) is 8.22. The molecular weight excluding hydrogens is 218 g/mol. The summed E-state index contributed by atoms with van der Waals surface area (Å²) in [6.07, 6.45) is 3.07. The van der Waals surface area contributed by atoms with Gasteiger partial charge in [-0.05, 0) is 19.3 Å². The molecule has 92 valence electrons. The molecule has 1 aliphatic carbocycles. The standard InChI is InChI=1S/C13H17NO3/c1-15-7-10-3-2-9(6-13(14)4-5-13)11-12(10)17-8-16-11/h2-3H,4-8,14H2,1H3. The van der Waals surface area contributed by atoms with Crippen LogP contribution in [0.2, 0.25) is 0 Å². The highest BCUT2D eigenvalue weighted by atomic mass is 16.7. The minimum absolute atomic E-state index is 0.0114. The van der Waals surface area contributed by atoms with E-state index in [1.807, 2.05) is 6.07 Å². The first kappa shape index (κ1) is 10.9. The Morgan fingerprint density at radius 1 is 1.24 bits per heavy atom. The van der Waals surface area contributed by atoms with Crippen molar-refractivity contribution in [2.45, 2.75) is 31.4 Å². The van der Waals surface area contributed by atoms with Gasteiger partial charge in [0.1, 0.15) is 0 Å². The first-order valence-corrected chi connectivity index (χ1v) is 5.90. The zero-order valence-electron chi connectivity index (χ0n) is 9.99. The van der Waals surface area contributed by atoms with E-state index in [-0.39, 0.29) is 5.54 Å². The summed E-state index contributed by atoms with van der Waals surface area (Å²) in [5, 5.41) is 0. The molecule has 2 aliphatic rings. The zero-order valence-corrected chi connectivity index (χ0v) is 9.99. The van der Waals surface area contributed by atoms with E-state index in [1.165, 1.54) is 0 Å². The van der Waals surface area contributed by atoms with Gasteiger partial charge < -0.3 is 19.9 Å². The van der Waals surface area contributed by atoms with E-state index in [4.69, 9.17) is 19.9 Å². The van der Waals surface area contributed by atoms with Crippen molar-refractivity contribution >= 4 is 0 Å². The molecule has 1 aliphatic heterocycles. The van der Waals surface area contributed by atoms with Gasteiger partial charge in [0.15, 0.2) is 11.5 Å². The van der Waals surface area contributed by atoms with E-state index in [0.29, 0.717) is 13.4 Å². The molecule has 0 bridgehead atoms. The van der Waals surface area contributed by atoms with E-state index < -0.39 is 0 Å². The number of ether oxygens (including phenoxy) is 3. The molecule has 17 heavy (non-hydrogen) atoms. The number of hydrogen-bond donors (Lipinski definition) is 1. The fourth-order valence-corrected chi connectivity index (χ4v) is 2.23. The third-order valence-electron chi connectivity index (χ3n) is 3.42. The molecule has 1 aromatic carbocycles. The summed E-state index contributed by atoms with van der Waals surface area (Å²) < 4.78 is 16.2. The number of fused-ring (bicyclic) bond motifs is 1. The molecule has 4 nitrogen and oxygen atoms in total. The van der Waals surface area contributed by atoms with Gasteiger partial charge in [-0.2, -0.15) is 0 Å². The molecule has 3 rings (SSSR count). The Kier molecular flexibility index (Phi) is 2.49. The summed E-state index contributed by atoms with van der Waals surface area (Å²) in [6.45, 7) is 0.834. The van der Waals surface area contributed by atoms with Crippen LogP contribution in [0.15, 0.2) is 12.1 Å². The molecule has 2 N–H and O–H groups in total. The molecule has 0 unspecified atom stereocenters.